The molecule has 1 heterocycles. The van der Waals surface area contributed by atoms with Gasteiger partial charge in [0, 0.05) is 26.6 Å². The number of hydrogen-bond acceptors (Lipinski definition) is 3. The van der Waals surface area contributed by atoms with Gasteiger partial charge in [0.1, 0.15) is 0 Å². The number of rotatable bonds is 4. The van der Waals surface area contributed by atoms with Crippen molar-refractivity contribution in [2.75, 3.05) is 19.6 Å². The van der Waals surface area contributed by atoms with Crippen molar-refractivity contribution < 1.29 is 9.59 Å². The van der Waals surface area contributed by atoms with Crippen LogP contribution < -0.4 is 11.1 Å². The fourth-order valence-electron chi connectivity index (χ4n) is 1.98. The summed E-state index contributed by atoms with van der Waals surface area (Å²) >= 11 is 0. The maximum absolute atomic E-state index is 12.0. The lowest BCUT2D eigenvalue weighted by Crippen LogP contribution is -2.45. The predicted octanol–water partition coefficient (Wildman–Crippen LogP) is -0.0457. The first-order chi connectivity index (χ1) is 7.91. The third-order valence-electron chi connectivity index (χ3n) is 3.24. The van der Waals surface area contributed by atoms with Crippen LogP contribution in [0.4, 0.5) is 0 Å². The molecule has 0 spiro atoms. The van der Waals surface area contributed by atoms with Crippen LogP contribution in [0.1, 0.15) is 27.2 Å². The van der Waals surface area contributed by atoms with Crippen LogP contribution in [0.3, 0.4) is 0 Å². The van der Waals surface area contributed by atoms with Gasteiger partial charge in [-0.15, -0.1) is 0 Å². The Hall–Kier alpha value is -1.10. The highest BCUT2D eigenvalue weighted by Crippen LogP contribution is 2.17. The molecular weight excluding hydrogens is 218 g/mol. The lowest BCUT2D eigenvalue weighted by atomic mass is 10.0. The Kier molecular flexibility index (Phi) is 4.93. The molecule has 1 saturated heterocycles. The number of carbonyl (C=O) groups excluding carboxylic acids is 2. The van der Waals surface area contributed by atoms with E-state index in [1.807, 2.05) is 18.7 Å². The molecule has 98 valence electrons. The summed E-state index contributed by atoms with van der Waals surface area (Å²) in [5, 5.41) is 2.79. The van der Waals surface area contributed by atoms with Crippen LogP contribution in [-0.2, 0) is 9.59 Å². The minimum Gasteiger partial charge on any atom is -0.356 e. The maximum atomic E-state index is 12.0. The second-order valence-corrected chi connectivity index (χ2v) is 5.15. The number of nitrogens with one attached hydrogen (secondary N) is 1. The minimum atomic E-state index is -0.408. The van der Waals surface area contributed by atoms with E-state index in [1.54, 1.807) is 0 Å². The van der Waals surface area contributed by atoms with Gasteiger partial charge in [-0.3, -0.25) is 9.59 Å². The van der Waals surface area contributed by atoms with Crippen molar-refractivity contribution in [2.45, 2.75) is 33.2 Å². The van der Waals surface area contributed by atoms with Crippen molar-refractivity contribution in [3.8, 4) is 0 Å². The van der Waals surface area contributed by atoms with E-state index in [0.29, 0.717) is 19.0 Å². The van der Waals surface area contributed by atoms with Crippen molar-refractivity contribution in [2.24, 2.45) is 17.6 Å². The van der Waals surface area contributed by atoms with Gasteiger partial charge in [0.05, 0.1) is 6.04 Å². The van der Waals surface area contributed by atoms with Gasteiger partial charge < -0.3 is 16.0 Å². The van der Waals surface area contributed by atoms with Gasteiger partial charge in [0.15, 0.2) is 0 Å². The molecule has 0 saturated carbocycles. The summed E-state index contributed by atoms with van der Waals surface area (Å²) in [4.78, 5) is 24.6. The first-order valence-corrected chi connectivity index (χ1v) is 6.20. The molecule has 2 atom stereocenters. The number of carbonyl (C=O) groups is 2. The van der Waals surface area contributed by atoms with Gasteiger partial charge >= 0.3 is 0 Å². The monoisotopic (exact) mass is 241 g/mol. The van der Waals surface area contributed by atoms with Gasteiger partial charge in [-0.25, -0.2) is 0 Å². The summed E-state index contributed by atoms with van der Waals surface area (Å²) in [6.07, 6.45) is 0.941. The topological polar surface area (TPSA) is 75.4 Å². The zero-order valence-electron chi connectivity index (χ0n) is 10.9. The summed E-state index contributed by atoms with van der Waals surface area (Å²) in [7, 11) is 0. The van der Waals surface area contributed by atoms with Crippen molar-refractivity contribution in [1.82, 2.24) is 10.2 Å². The largest absolute Gasteiger partial charge is 0.356 e. The SMILES string of the molecule is CC(=O)NCC1CCN(C(=O)C(N)C(C)C)C1. The third kappa shape index (κ3) is 4.00. The summed E-state index contributed by atoms with van der Waals surface area (Å²) in [6, 6.07) is -0.408. The summed E-state index contributed by atoms with van der Waals surface area (Å²) < 4.78 is 0. The van der Waals surface area contributed by atoms with E-state index in [1.165, 1.54) is 6.92 Å². The van der Waals surface area contributed by atoms with Gasteiger partial charge in [-0.1, -0.05) is 13.8 Å². The molecule has 1 aliphatic rings. The molecule has 5 nitrogen and oxygen atoms in total. The Labute approximate surface area is 103 Å². The molecule has 0 aromatic carbocycles. The van der Waals surface area contributed by atoms with Gasteiger partial charge in [-0.2, -0.15) is 0 Å². The van der Waals surface area contributed by atoms with E-state index in [0.717, 1.165) is 13.0 Å². The van der Waals surface area contributed by atoms with Crippen LogP contribution in [0.25, 0.3) is 0 Å². The number of hydrogen-bond donors (Lipinski definition) is 2. The van der Waals surface area contributed by atoms with Crippen molar-refractivity contribution in [1.29, 1.82) is 0 Å². The van der Waals surface area contributed by atoms with Gasteiger partial charge in [0.25, 0.3) is 0 Å². The third-order valence-corrected chi connectivity index (χ3v) is 3.24. The Morgan fingerprint density at radius 3 is 2.65 bits per heavy atom. The Balaban J connectivity index is 2.39. The standard InChI is InChI=1S/C12H23N3O2/c1-8(2)11(13)12(17)15-5-4-10(7-15)6-14-9(3)16/h8,10-11H,4-7,13H2,1-3H3,(H,14,16). The van der Waals surface area contributed by atoms with Crippen LogP contribution in [-0.4, -0.2) is 42.4 Å². The fourth-order valence-corrected chi connectivity index (χ4v) is 1.98. The van der Waals surface area contributed by atoms with Gasteiger partial charge in [-0.05, 0) is 18.3 Å². The van der Waals surface area contributed by atoms with Crippen molar-refractivity contribution in [3.63, 3.8) is 0 Å². The van der Waals surface area contributed by atoms with E-state index >= 15 is 0 Å². The Morgan fingerprint density at radius 2 is 2.12 bits per heavy atom. The molecule has 0 aromatic rings. The van der Waals surface area contributed by atoms with Crippen LogP contribution in [0.5, 0.6) is 0 Å². The van der Waals surface area contributed by atoms with Crippen LogP contribution in [0.15, 0.2) is 0 Å². The second kappa shape index (κ2) is 6.00. The van der Waals surface area contributed by atoms with Crippen molar-refractivity contribution in [3.05, 3.63) is 0 Å². The zero-order chi connectivity index (χ0) is 13.0. The smallest absolute Gasteiger partial charge is 0.239 e. The first kappa shape index (κ1) is 14.0. The average molecular weight is 241 g/mol. The lowest BCUT2D eigenvalue weighted by molar-refractivity contribution is -0.132. The molecular formula is C12H23N3O2. The molecule has 0 aliphatic carbocycles. The molecule has 0 aromatic heterocycles. The number of likely N-dealkylation sites (tertiary alicyclic amines) is 1. The molecule has 1 aliphatic heterocycles. The molecule has 1 fully saturated rings. The molecule has 0 bridgehead atoms. The highest BCUT2D eigenvalue weighted by molar-refractivity contribution is 5.82. The zero-order valence-corrected chi connectivity index (χ0v) is 10.9. The molecule has 0 radical (unpaired) electrons. The number of nitrogens with two attached hydrogens (primary N) is 1. The molecule has 17 heavy (non-hydrogen) atoms. The molecule has 3 N–H and O–H groups in total. The van der Waals surface area contributed by atoms with E-state index < -0.39 is 6.04 Å². The van der Waals surface area contributed by atoms with Crippen LogP contribution >= 0.6 is 0 Å². The highest BCUT2D eigenvalue weighted by atomic mass is 16.2. The number of amides is 2. The van der Waals surface area contributed by atoms with Crippen molar-refractivity contribution >= 4 is 11.8 Å². The highest BCUT2D eigenvalue weighted by Gasteiger charge is 2.30. The summed E-state index contributed by atoms with van der Waals surface area (Å²) in [5.41, 5.74) is 5.85. The number of nitrogens with zero attached hydrogens (tertiary/aromatic N) is 1. The Bertz CT molecular complexity index is 291. The van der Waals surface area contributed by atoms with Crippen LogP contribution in [0, 0.1) is 11.8 Å². The van der Waals surface area contributed by atoms with E-state index in [2.05, 4.69) is 5.32 Å². The fraction of sp³-hybridized carbons (Fsp3) is 0.833. The van der Waals surface area contributed by atoms with E-state index in [9.17, 15) is 9.59 Å². The van der Waals surface area contributed by atoms with Gasteiger partial charge in [0.2, 0.25) is 11.8 Å². The van der Waals surface area contributed by atoms with E-state index in [4.69, 9.17) is 5.73 Å². The summed E-state index contributed by atoms with van der Waals surface area (Å²) in [6.45, 7) is 7.52. The quantitative estimate of drug-likeness (QED) is 0.725. The normalized spacial score (nSPS) is 21.7. The molecule has 1 rings (SSSR count). The van der Waals surface area contributed by atoms with E-state index in [-0.39, 0.29) is 17.7 Å². The molecule has 2 amide bonds. The molecule has 5 heteroatoms. The summed E-state index contributed by atoms with van der Waals surface area (Å²) in [5.74, 6) is 0.540. The average Bonchev–Trinajstić information content (AvgIpc) is 2.72. The second-order valence-electron chi connectivity index (χ2n) is 5.15. The first-order valence-electron chi connectivity index (χ1n) is 6.20. The maximum Gasteiger partial charge on any atom is 0.239 e. The van der Waals surface area contributed by atoms with Crippen LogP contribution in [0.2, 0.25) is 0 Å². The predicted molar refractivity (Wildman–Crippen MR) is 66.2 cm³/mol. The Morgan fingerprint density at radius 1 is 1.47 bits per heavy atom. The molecule has 2 unspecified atom stereocenters. The minimum absolute atomic E-state index is 0.0198. The lowest BCUT2D eigenvalue weighted by Gasteiger charge is -2.23.